The predicted molar refractivity (Wildman–Crippen MR) is 99.8 cm³/mol. The van der Waals surface area contributed by atoms with E-state index in [-0.39, 0.29) is 11.9 Å². The standard InChI is InChI=1S/C20H22F3N3O2/c1-12-11-26(19(27)24-18-13(2)14(3)28-25-18)8-7-16(12)9-15-5-4-6-17(10-15)20(21,22)23/h4-6,9-10,12H,7-8,11H2,1-3H3,(H,24,25,27). The van der Waals surface area contributed by atoms with Crippen LogP contribution in [0.3, 0.4) is 0 Å². The zero-order valence-electron chi connectivity index (χ0n) is 15.9. The Balaban J connectivity index is 1.67. The average Bonchev–Trinajstić information content (AvgIpc) is 2.95. The normalized spacial score (nSPS) is 19.1. The third-order valence-electron chi connectivity index (χ3n) is 5.03. The smallest absolute Gasteiger partial charge is 0.359 e. The van der Waals surface area contributed by atoms with Gasteiger partial charge in [0.15, 0.2) is 5.82 Å². The van der Waals surface area contributed by atoms with Crippen LogP contribution >= 0.6 is 0 Å². The molecule has 0 spiro atoms. The Bertz CT molecular complexity index is 902. The van der Waals surface area contributed by atoms with E-state index in [0.717, 1.165) is 23.3 Å². The summed E-state index contributed by atoms with van der Waals surface area (Å²) in [5, 5.41) is 6.58. The summed E-state index contributed by atoms with van der Waals surface area (Å²) >= 11 is 0. The highest BCUT2D eigenvalue weighted by Gasteiger charge is 2.30. The summed E-state index contributed by atoms with van der Waals surface area (Å²) in [6.45, 7) is 6.51. The average molecular weight is 393 g/mol. The van der Waals surface area contributed by atoms with Crippen molar-refractivity contribution >= 4 is 17.9 Å². The fraction of sp³-hybridized carbons (Fsp3) is 0.400. The van der Waals surface area contributed by atoms with Gasteiger partial charge in [0.05, 0.1) is 5.56 Å². The molecule has 0 aliphatic carbocycles. The zero-order valence-corrected chi connectivity index (χ0v) is 15.9. The van der Waals surface area contributed by atoms with E-state index < -0.39 is 11.7 Å². The maximum atomic E-state index is 12.9. The van der Waals surface area contributed by atoms with Gasteiger partial charge in [-0.05, 0) is 43.9 Å². The Labute approximate surface area is 161 Å². The first-order valence-electron chi connectivity index (χ1n) is 9.01. The Kier molecular flexibility index (Phi) is 5.49. The molecule has 1 aromatic heterocycles. The fourth-order valence-corrected chi connectivity index (χ4v) is 3.18. The van der Waals surface area contributed by atoms with Crippen molar-refractivity contribution in [3.8, 4) is 0 Å². The molecule has 2 aromatic rings. The zero-order chi connectivity index (χ0) is 20.5. The van der Waals surface area contributed by atoms with Crippen LogP contribution in [-0.2, 0) is 6.18 Å². The molecular formula is C20H22F3N3O2. The third kappa shape index (κ3) is 4.37. The van der Waals surface area contributed by atoms with Crippen LogP contribution in [0.5, 0.6) is 0 Å². The molecule has 1 aliphatic rings. The number of urea groups is 1. The number of alkyl halides is 3. The van der Waals surface area contributed by atoms with E-state index in [4.69, 9.17) is 4.52 Å². The first-order valence-corrected chi connectivity index (χ1v) is 9.01. The number of benzene rings is 1. The highest BCUT2D eigenvalue weighted by Crippen LogP contribution is 2.31. The molecule has 0 bridgehead atoms. The molecule has 1 unspecified atom stereocenters. The van der Waals surface area contributed by atoms with E-state index in [1.165, 1.54) is 6.07 Å². The topological polar surface area (TPSA) is 58.4 Å². The van der Waals surface area contributed by atoms with Gasteiger partial charge in [0.25, 0.3) is 0 Å². The van der Waals surface area contributed by atoms with Gasteiger partial charge < -0.3 is 9.42 Å². The number of halogens is 3. The number of hydrogen-bond acceptors (Lipinski definition) is 3. The van der Waals surface area contributed by atoms with Crippen LogP contribution in [0.25, 0.3) is 6.08 Å². The van der Waals surface area contributed by atoms with Crippen LogP contribution in [-0.4, -0.2) is 29.2 Å². The lowest BCUT2D eigenvalue weighted by molar-refractivity contribution is -0.137. The van der Waals surface area contributed by atoms with Gasteiger partial charge in [0, 0.05) is 18.7 Å². The van der Waals surface area contributed by atoms with E-state index in [2.05, 4.69) is 10.5 Å². The van der Waals surface area contributed by atoms with Gasteiger partial charge in [-0.3, -0.25) is 5.32 Å². The van der Waals surface area contributed by atoms with Crippen LogP contribution < -0.4 is 5.32 Å². The number of anilines is 1. The largest absolute Gasteiger partial charge is 0.416 e. The Morgan fingerprint density at radius 1 is 1.36 bits per heavy atom. The van der Waals surface area contributed by atoms with Gasteiger partial charge in [-0.2, -0.15) is 13.2 Å². The molecule has 28 heavy (non-hydrogen) atoms. The molecule has 1 aliphatic heterocycles. The second kappa shape index (κ2) is 7.69. The SMILES string of the molecule is Cc1onc(NC(=O)N2CCC(=Cc3cccc(C(F)(F)F)c3)C(C)C2)c1C. The second-order valence-electron chi connectivity index (χ2n) is 7.08. The van der Waals surface area contributed by atoms with Gasteiger partial charge in [-0.25, -0.2) is 4.79 Å². The summed E-state index contributed by atoms with van der Waals surface area (Å²) in [6, 6.07) is 5.01. The minimum atomic E-state index is -4.36. The first kappa shape index (κ1) is 20.0. The van der Waals surface area contributed by atoms with Crippen molar-refractivity contribution in [3.63, 3.8) is 0 Å². The number of nitrogens with one attached hydrogen (secondary N) is 1. The van der Waals surface area contributed by atoms with E-state index in [0.29, 0.717) is 36.7 Å². The predicted octanol–water partition coefficient (Wildman–Crippen LogP) is 5.27. The van der Waals surface area contributed by atoms with Gasteiger partial charge in [0.2, 0.25) is 0 Å². The summed E-state index contributed by atoms with van der Waals surface area (Å²) in [5.41, 5.74) is 1.66. The molecule has 1 fully saturated rings. The quantitative estimate of drug-likeness (QED) is 0.756. The summed E-state index contributed by atoms with van der Waals surface area (Å²) in [5.74, 6) is 1.09. The molecule has 0 radical (unpaired) electrons. The number of likely N-dealkylation sites (tertiary alicyclic amines) is 1. The van der Waals surface area contributed by atoms with Crippen molar-refractivity contribution in [1.29, 1.82) is 0 Å². The highest BCUT2D eigenvalue weighted by molar-refractivity contribution is 5.89. The number of piperidine rings is 1. The number of carbonyl (C=O) groups excluding carboxylic acids is 1. The van der Waals surface area contributed by atoms with E-state index in [1.54, 1.807) is 24.0 Å². The van der Waals surface area contributed by atoms with Crippen LogP contribution in [0, 0.1) is 19.8 Å². The molecule has 1 N–H and O–H groups in total. The van der Waals surface area contributed by atoms with Crippen LogP contribution in [0.1, 0.15) is 35.8 Å². The van der Waals surface area contributed by atoms with E-state index >= 15 is 0 Å². The number of hydrogen-bond donors (Lipinski definition) is 1. The van der Waals surface area contributed by atoms with Crippen LogP contribution in [0.2, 0.25) is 0 Å². The molecule has 2 heterocycles. The Morgan fingerprint density at radius 3 is 2.71 bits per heavy atom. The number of amides is 2. The first-order chi connectivity index (χ1) is 13.1. The molecule has 1 saturated heterocycles. The third-order valence-corrected chi connectivity index (χ3v) is 5.03. The summed E-state index contributed by atoms with van der Waals surface area (Å²) < 4.78 is 43.7. The molecule has 5 nitrogen and oxygen atoms in total. The van der Waals surface area contributed by atoms with Gasteiger partial charge >= 0.3 is 12.2 Å². The number of aryl methyl sites for hydroxylation is 1. The molecule has 1 atom stereocenters. The van der Waals surface area contributed by atoms with Crippen molar-refractivity contribution in [2.24, 2.45) is 5.92 Å². The van der Waals surface area contributed by atoms with Crippen LogP contribution in [0.4, 0.5) is 23.8 Å². The number of aromatic nitrogens is 1. The lowest BCUT2D eigenvalue weighted by atomic mass is 9.91. The monoisotopic (exact) mass is 393 g/mol. The number of nitrogens with zero attached hydrogens (tertiary/aromatic N) is 2. The highest BCUT2D eigenvalue weighted by atomic mass is 19.4. The molecule has 150 valence electrons. The summed E-state index contributed by atoms with van der Waals surface area (Å²) in [4.78, 5) is 14.2. The molecule has 0 saturated carbocycles. The van der Waals surface area contributed by atoms with Crippen molar-refractivity contribution in [1.82, 2.24) is 10.1 Å². The van der Waals surface area contributed by atoms with Gasteiger partial charge in [-0.15, -0.1) is 0 Å². The van der Waals surface area contributed by atoms with E-state index in [9.17, 15) is 18.0 Å². The second-order valence-corrected chi connectivity index (χ2v) is 7.08. The Hall–Kier alpha value is -2.77. The number of rotatable bonds is 2. The van der Waals surface area contributed by atoms with Gasteiger partial charge in [0.1, 0.15) is 5.76 Å². The minimum Gasteiger partial charge on any atom is -0.359 e. The number of carbonyl (C=O) groups is 1. The van der Waals surface area contributed by atoms with Crippen molar-refractivity contribution in [2.75, 3.05) is 18.4 Å². The van der Waals surface area contributed by atoms with Crippen LogP contribution in [0.15, 0.2) is 34.4 Å². The minimum absolute atomic E-state index is 0.0363. The molecular weight excluding hydrogens is 371 g/mol. The maximum Gasteiger partial charge on any atom is 0.416 e. The van der Waals surface area contributed by atoms with E-state index in [1.807, 2.05) is 13.8 Å². The Morgan fingerprint density at radius 2 is 2.11 bits per heavy atom. The van der Waals surface area contributed by atoms with Gasteiger partial charge in [-0.1, -0.05) is 35.9 Å². The summed E-state index contributed by atoms with van der Waals surface area (Å²) in [6.07, 6.45) is -1.97. The summed E-state index contributed by atoms with van der Waals surface area (Å²) in [7, 11) is 0. The van der Waals surface area contributed by atoms with Crippen molar-refractivity contribution in [3.05, 3.63) is 52.3 Å². The molecule has 8 heteroatoms. The molecule has 2 amide bonds. The van der Waals surface area contributed by atoms with Crippen molar-refractivity contribution < 1.29 is 22.5 Å². The molecule has 1 aromatic carbocycles. The maximum absolute atomic E-state index is 12.9. The lowest BCUT2D eigenvalue weighted by Crippen LogP contribution is -2.42. The lowest BCUT2D eigenvalue weighted by Gasteiger charge is -2.33. The fourth-order valence-electron chi connectivity index (χ4n) is 3.18. The van der Waals surface area contributed by atoms with Crippen molar-refractivity contribution in [2.45, 2.75) is 33.4 Å². The molecule has 3 rings (SSSR count).